The fourth-order valence-electron chi connectivity index (χ4n) is 3.64. The van der Waals surface area contributed by atoms with Crippen LogP contribution in [0.3, 0.4) is 0 Å². The summed E-state index contributed by atoms with van der Waals surface area (Å²) in [4.78, 5) is 25.1. The molecule has 0 spiro atoms. The first kappa shape index (κ1) is 25.5. The quantitative estimate of drug-likeness (QED) is 0.330. The minimum atomic E-state index is -0.520. The Morgan fingerprint density at radius 3 is 2.59 bits per heavy atom. The van der Waals surface area contributed by atoms with Crippen LogP contribution < -0.4 is 5.32 Å². The predicted octanol–water partition coefficient (Wildman–Crippen LogP) is 6.51. The van der Waals surface area contributed by atoms with Crippen molar-refractivity contribution in [2.24, 2.45) is 11.0 Å². The maximum Gasteiger partial charge on any atom is 0.342 e. The Kier molecular flexibility index (Phi) is 8.91. The normalized spacial score (nSPS) is 15.1. The number of ether oxygens (including phenoxy) is 1. The van der Waals surface area contributed by atoms with E-state index in [9.17, 15) is 9.59 Å². The number of hydrogen-bond donors (Lipinski definition) is 1. The van der Waals surface area contributed by atoms with Crippen molar-refractivity contribution >= 4 is 46.6 Å². The highest BCUT2D eigenvalue weighted by Gasteiger charge is 2.31. The number of amides is 2. The zero-order valence-corrected chi connectivity index (χ0v) is 20.6. The van der Waals surface area contributed by atoms with E-state index in [1.54, 1.807) is 32.0 Å². The lowest BCUT2D eigenvalue weighted by molar-refractivity contribution is 0.0378. The van der Waals surface area contributed by atoms with Gasteiger partial charge in [0.15, 0.2) is 0 Å². The third-order valence-corrected chi connectivity index (χ3v) is 5.82. The number of carbonyl (C=O) groups is 2. The maximum absolute atomic E-state index is 13.0. The molecule has 1 N–H and O–H groups in total. The second-order valence-corrected chi connectivity index (χ2v) is 9.10. The summed E-state index contributed by atoms with van der Waals surface area (Å²) in [5.74, 6) is -0.476. The summed E-state index contributed by atoms with van der Waals surface area (Å²) >= 11 is 12.3. The summed E-state index contributed by atoms with van der Waals surface area (Å²) in [6.07, 6.45) is 2.72. The summed E-state index contributed by atoms with van der Waals surface area (Å²) < 4.78 is 5.18. The fourth-order valence-corrected chi connectivity index (χ4v) is 4.02. The standard InChI is InChI=1S/C25H26Cl2N4O3/c1-16(2)34-24(32)21-12-11-20(14-22(21)27)29-25(33)31-15-18(6-4-3-5-13-28)23(30-31)17-7-9-19(26)10-8-17/h7-12,14,16,18H,3-6,15H2,1-2H3,(H,29,33). The fraction of sp³-hybridized carbons (Fsp3) is 0.360. The zero-order chi connectivity index (χ0) is 24.7. The zero-order valence-electron chi connectivity index (χ0n) is 19.1. The van der Waals surface area contributed by atoms with E-state index in [0.29, 0.717) is 23.7 Å². The molecule has 0 fully saturated rings. The van der Waals surface area contributed by atoms with E-state index >= 15 is 0 Å². The van der Waals surface area contributed by atoms with Gasteiger partial charge in [0.1, 0.15) is 0 Å². The molecule has 3 rings (SSSR count). The number of carbonyl (C=O) groups excluding carboxylic acids is 2. The van der Waals surface area contributed by atoms with Crippen molar-refractivity contribution in [3.8, 4) is 6.07 Å². The van der Waals surface area contributed by atoms with E-state index in [-0.39, 0.29) is 22.6 Å². The van der Waals surface area contributed by atoms with Gasteiger partial charge in [-0.05, 0) is 62.6 Å². The minimum absolute atomic E-state index is 0.0439. The number of halogens is 2. The summed E-state index contributed by atoms with van der Waals surface area (Å²) in [5, 5.41) is 18.4. The SMILES string of the molecule is CC(C)OC(=O)c1ccc(NC(=O)N2CC(CCCCC#N)C(c3ccc(Cl)cc3)=N2)cc1Cl. The summed E-state index contributed by atoms with van der Waals surface area (Å²) in [5.41, 5.74) is 2.39. The van der Waals surface area contributed by atoms with Gasteiger partial charge in [-0.2, -0.15) is 10.4 Å². The van der Waals surface area contributed by atoms with Crippen LogP contribution in [0.15, 0.2) is 47.6 Å². The molecule has 0 saturated carbocycles. The van der Waals surface area contributed by atoms with E-state index in [0.717, 1.165) is 30.5 Å². The van der Waals surface area contributed by atoms with E-state index in [2.05, 4.69) is 16.5 Å². The van der Waals surface area contributed by atoms with E-state index < -0.39 is 12.0 Å². The summed E-state index contributed by atoms with van der Waals surface area (Å²) in [6, 6.07) is 13.8. The Morgan fingerprint density at radius 1 is 1.21 bits per heavy atom. The lowest BCUT2D eigenvalue weighted by Gasteiger charge is -2.16. The van der Waals surface area contributed by atoms with Crippen molar-refractivity contribution in [3.05, 3.63) is 63.6 Å². The number of nitrogens with one attached hydrogen (secondary N) is 1. The van der Waals surface area contributed by atoms with E-state index in [1.165, 1.54) is 17.1 Å². The number of nitriles is 1. The number of rotatable bonds is 8. The van der Waals surface area contributed by atoms with Crippen LogP contribution in [0.4, 0.5) is 10.5 Å². The van der Waals surface area contributed by atoms with Crippen molar-refractivity contribution in [1.82, 2.24) is 5.01 Å². The first-order chi connectivity index (χ1) is 16.3. The molecule has 2 amide bonds. The van der Waals surface area contributed by atoms with Gasteiger partial charge in [-0.25, -0.2) is 14.6 Å². The minimum Gasteiger partial charge on any atom is -0.459 e. The van der Waals surface area contributed by atoms with Crippen LogP contribution in [0, 0.1) is 17.2 Å². The molecule has 1 heterocycles. The number of esters is 1. The van der Waals surface area contributed by atoms with Gasteiger partial charge < -0.3 is 10.1 Å². The van der Waals surface area contributed by atoms with Gasteiger partial charge in [0.2, 0.25) is 0 Å². The van der Waals surface area contributed by atoms with Gasteiger partial charge in [0.25, 0.3) is 0 Å². The lowest BCUT2D eigenvalue weighted by Crippen LogP contribution is -2.30. The van der Waals surface area contributed by atoms with Crippen LogP contribution in [0.5, 0.6) is 0 Å². The van der Waals surface area contributed by atoms with Crippen LogP contribution in [0.25, 0.3) is 0 Å². The topological polar surface area (TPSA) is 94.8 Å². The molecule has 0 radical (unpaired) electrons. The highest BCUT2D eigenvalue weighted by atomic mass is 35.5. The van der Waals surface area contributed by atoms with Gasteiger partial charge in [0.05, 0.1) is 35.0 Å². The first-order valence-corrected chi connectivity index (χ1v) is 11.8. The van der Waals surface area contributed by atoms with Gasteiger partial charge in [-0.15, -0.1) is 0 Å². The molecule has 1 unspecified atom stereocenters. The van der Waals surface area contributed by atoms with Gasteiger partial charge in [-0.1, -0.05) is 41.8 Å². The highest BCUT2D eigenvalue weighted by Crippen LogP contribution is 2.27. The number of benzene rings is 2. The average Bonchev–Trinajstić information content (AvgIpc) is 3.21. The monoisotopic (exact) mass is 500 g/mol. The second kappa shape index (κ2) is 11.9. The van der Waals surface area contributed by atoms with Crippen molar-refractivity contribution in [3.63, 3.8) is 0 Å². The van der Waals surface area contributed by atoms with Crippen molar-refractivity contribution in [2.45, 2.75) is 45.6 Å². The Labute approximate surface area is 209 Å². The lowest BCUT2D eigenvalue weighted by atomic mass is 9.92. The molecular formula is C25H26Cl2N4O3. The number of anilines is 1. The molecule has 2 aromatic carbocycles. The maximum atomic E-state index is 13.0. The summed E-state index contributed by atoms with van der Waals surface area (Å²) in [6.45, 7) is 3.93. The molecule has 1 aliphatic heterocycles. The Balaban J connectivity index is 1.73. The molecule has 34 heavy (non-hydrogen) atoms. The van der Waals surface area contributed by atoms with Crippen LogP contribution in [-0.4, -0.2) is 35.4 Å². The average molecular weight is 501 g/mol. The number of unbranched alkanes of at least 4 members (excludes halogenated alkanes) is 2. The molecule has 0 bridgehead atoms. The number of hydrazone groups is 1. The van der Waals surface area contributed by atoms with Crippen molar-refractivity contribution in [2.75, 3.05) is 11.9 Å². The number of urea groups is 1. The van der Waals surface area contributed by atoms with Crippen molar-refractivity contribution in [1.29, 1.82) is 5.26 Å². The molecule has 178 valence electrons. The molecule has 1 atom stereocenters. The van der Waals surface area contributed by atoms with Gasteiger partial charge in [0, 0.05) is 23.0 Å². The Bertz CT molecular complexity index is 1110. The highest BCUT2D eigenvalue weighted by molar-refractivity contribution is 6.34. The number of hydrogen-bond acceptors (Lipinski definition) is 5. The molecule has 1 aliphatic rings. The van der Waals surface area contributed by atoms with Crippen LogP contribution in [0.2, 0.25) is 10.0 Å². The third kappa shape index (κ3) is 6.72. The van der Waals surface area contributed by atoms with Crippen molar-refractivity contribution < 1.29 is 14.3 Å². The molecule has 2 aromatic rings. The molecule has 9 heteroatoms. The summed E-state index contributed by atoms with van der Waals surface area (Å²) in [7, 11) is 0. The van der Waals surface area contributed by atoms with Crippen LogP contribution in [-0.2, 0) is 4.74 Å². The molecular weight excluding hydrogens is 475 g/mol. The first-order valence-electron chi connectivity index (χ1n) is 11.1. The Morgan fingerprint density at radius 2 is 1.94 bits per heavy atom. The van der Waals surface area contributed by atoms with E-state index in [1.807, 2.05) is 12.1 Å². The predicted molar refractivity (Wildman–Crippen MR) is 133 cm³/mol. The Hall–Kier alpha value is -3.08. The largest absolute Gasteiger partial charge is 0.459 e. The smallest absolute Gasteiger partial charge is 0.342 e. The third-order valence-electron chi connectivity index (χ3n) is 5.26. The van der Waals surface area contributed by atoms with Gasteiger partial charge in [-0.3, -0.25) is 0 Å². The second-order valence-electron chi connectivity index (χ2n) is 8.25. The molecule has 7 nitrogen and oxygen atoms in total. The van der Waals surface area contributed by atoms with Crippen LogP contribution >= 0.6 is 23.2 Å². The number of nitrogens with zero attached hydrogens (tertiary/aromatic N) is 3. The van der Waals surface area contributed by atoms with E-state index in [4.69, 9.17) is 33.2 Å². The molecule has 0 aliphatic carbocycles. The van der Waals surface area contributed by atoms with Crippen LogP contribution in [0.1, 0.15) is 55.5 Å². The molecule has 0 aromatic heterocycles. The van der Waals surface area contributed by atoms with Gasteiger partial charge >= 0.3 is 12.0 Å². The molecule has 0 saturated heterocycles.